The summed E-state index contributed by atoms with van der Waals surface area (Å²) in [5, 5.41) is 4.22. The molecule has 0 unspecified atom stereocenters. The largest absolute Gasteiger partial charge is 0.330 e. The summed E-state index contributed by atoms with van der Waals surface area (Å²) >= 11 is 0. The first-order chi connectivity index (χ1) is 7.72. The van der Waals surface area contributed by atoms with Crippen LogP contribution in [0.5, 0.6) is 0 Å². The van der Waals surface area contributed by atoms with Crippen LogP contribution in [0.15, 0.2) is 18.5 Å². The van der Waals surface area contributed by atoms with Gasteiger partial charge in [0.05, 0.1) is 6.54 Å². The minimum Gasteiger partial charge on any atom is -0.330 e. The Kier molecular flexibility index (Phi) is 3.61. The van der Waals surface area contributed by atoms with Crippen LogP contribution in [0, 0.1) is 5.41 Å². The molecule has 1 aliphatic rings. The Hall–Kier alpha value is -0.870. The third-order valence-electron chi connectivity index (χ3n) is 3.76. The number of hydrogen-bond acceptors (Lipinski definition) is 3. The molecule has 1 aliphatic heterocycles. The number of nitrogens with zero attached hydrogens (tertiary/aromatic N) is 3. The number of hydrogen-bond donors (Lipinski definition) is 1. The normalized spacial score (nSPS) is 21.1. The van der Waals surface area contributed by atoms with Crippen molar-refractivity contribution in [3.8, 4) is 0 Å². The van der Waals surface area contributed by atoms with E-state index in [1.54, 1.807) is 0 Å². The van der Waals surface area contributed by atoms with Crippen molar-refractivity contribution in [2.24, 2.45) is 11.1 Å². The lowest BCUT2D eigenvalue weighted by atomic mass is 9.80. The van der Waals surface area contributed by atoms with Crippen molar-refractivity contribution in [3.63, 3.8) is 0 Å². The van der Waals surface area contributed by atoms with Crippen LogP contribution < -0.4 is 5.73 Å². The first kappa shape index (κ1) is 11.6. The Balaban J connectivity index is 1.73. The molecule has 4 nitrogen and oxygen atoms in total. The second-order valence-corrected chi connectivity index (χ2v) is 5.13. The molecule has 16 heavy (non-hydrogen) atoms. The average Bonchev–Trinajstić information content (AvgIpc) is 2.81. The number of aromatic nitrogens is 2. The zero-order valence-electron chi connectivity index (χ0n) is 10.1. The fraction of sp³-hybridized carbons (Fsp3) is 0.750. The van der Waals surface area contributed by atoms with E-state index in [0.717, 1.165) is 19.6 Å². The minimum absolute atomic E-state index is 0.377. The van der Waals surface area contributed by atoms with Crippen LogP contribution in [0.4, 0.5) is 0 Å². The van der Waals surface area contributed by atoms with Gasteiger partial charge in [-0.1, -0.05) is 6.92 Å². The molecule has 90 valence electrons. The van der Waals surface area contributed by atoms with Gasteiger partial charge in [-0.15, -0.1) is 0 Å². The molecule has 1 aromatic rings. The Morgan fingerprint density at radius 2 is 2.06 bits per heavy atom. The molecular formula is C12H22N4. The maximum absolute atomic E-state index is 5.80. The van der Waals surface area contributed by atoms with Gasteiger partial charge in [-0.05, 0) is 44.0 Å². The van der Waals surface area contributed by atoms with Gasteiger partial charge in [0.15, 0.2) is 0 Å². The first-order valence-electron chi connectivity index (χ1n) is 6.12. The van der Waals surface area contributed by atoms with Crippen LogP contribution in [0.3, 0.4) is 0 Å². The quantitative estimate of drug-likeness (QED) is 0.825. The van der Waals surface area contributed by atoms with Crippen LogP contribution in [0.25, 0.3) is 0 Å². The molecule has 0 radical (unpaired) electrons. The maximum Gasteiger partial charge on any atom is 0.0536 e. The molecule has 0 spiro atoms. The van der Waals surface area contributed by atoms with Gasteiger partial charge in [0, 0.05) is 18.9 Å². The molecular weight excluding hydrogens is 200 g/mol. The Morgan fingerprint density at radius 3 is 2.62 bits per heavy atom. The highest BCUT2D eigenvalue weighted by molar-refractivity contribution is 4.83. The van der Waals surface area contributed by atoms with Crippen molar-refractivity contribution in [2.75, 3.05) is 26.2 Å². The third kappa shape index (κ3) is 2.83. The van der Waals surface area contributed by atoms with E-state index in [1.807, 2.05) is 23.1 Å². The fourth-order valence-corrected chi connectivity index (χ4v) is 2.20. The molecule has 2 heterocycles. The number of likely N-dealkylation sites (tertiary alicyclic amines) is 1. The van der Waals surface area contributed by atoms with Crippen LogP contribution in [0.2, 0.25) is 0 Å². The first-order valence-corrected chi connectivity index (χ1v) is 6.12. The lowest BCUT2D eigenvalue weighted by Gasteiger charge is -2.38. The maximum atomic E-state index is 5.80. The number of rotatable bonds is 4. The van der Waals surface area contributed by atoms with E-state index in [1.165, 1.54) is 25.9 Å². The summed E-state index contributed by atoms with van der Waals surface area (Å²) in [6.45, 7) is 7.57. The summed E-state index contributed by atoms with van der Waals surface area (Å²) in [6, 6.07) is 1.97. The summed E-state index contributed by atoms with van der Waals surface area (Å²) in [5.74, 6) is 0. The van der Waals surface area contributed by atoms with E-state index >= 15 is 0 Å². The van der Waals surface area contributed by atoms with Crippen LogP contribution in [-0.2, 0) is 6.54 Å². The van der Waals surface area contributed by atoms with E-state index in [0.29, 0.717) is 5.41 Å². The van der Waals surface area contributed by atoms with Gasteiger partial charge < -0.3 is 10.6 Å². The molecule has 1 saturated heterocycles. The van der Waals surface area contributed by atoms with E-state index < -0.39 is 0 Å². The summed E-state index contributed by atoms with van der Waals surface area (Å²) in [7, 11) is 0. The lowest BCUT2D eigenvalue weighted by molar-refractivity contribution is 0.120. The SMILES string of the molecule is CC1(CN)CCN(CCn2cccn2)CC1. The number of piperidine rings is 1. The van der Waals surface area contributed by atoms with E-state index in [9.17, 15) is 0 Å². The highest BCUT2D eigenvalue weighted by Gasteiger charge is 2.28. The monoisotopic (exact) mass is 222 g/mol. The zero-order valence-corrected chi connectivity index (χ0v) is 10.1. The highest BCUT2D eigenvalue weighted by Crippen LogP contribution is 2.29. The van der Waals surface area contributed by atoms with E-state index in [2.05, 4.69) is 16.9 Å². The van der Waals surface area contributed by atoms with E-state index in [4.69, 9.17) is 5.73 Å². The molecule has 0 aliphatic carbocycles. The van der Waals surface area contributed by atoms with Crippen molar-refractivity contribution >= 4 is 0 Å². The van der Waals surface area contributed by atoms with Gasteiger partial charge in [-0.25, -0.2) is 0 Å². The van der Waals surface area contributed by atoms with Gasteiger partial charge in [-0.3, -0.25) is 4.68 Å². The van der Waals surface area contributed by atoms with Crippen molar-refractivity contribution in [1.82, 2.24) is 14.7 Å². The van der Waals surface area contributed by atoms with Gasteiger partial charge in [0.25, 0.3) is 0 Å². The van der Waals surface area contributed by atoms with Crippen LogP contribution >= 0.6 is 0 Å². The topological polar surface area (TPSA) is 47.1 Å². The molecule has 1 fully saturated rings. The van der Waals surface area contributed by atoms with Crippen molar-refractivity contribution in [3.05, 3.63) is 18.5 Å². The zero-order chi connectivity index (χ0) is 11.4. The minimum atomic E-state index is 0.377. The number of nitrogens with two attached hydrogens (primary N) is 1. The molecule has 2 rings (SSSR count). The summed E-state index contributed by atoms with van der Waals surface area (Å²) in [6.07, 6.45) is 6.31. The second kappa shape index (κ2) is 4.97. The molecule has 0 amide bonds. The molecule has 2 N–H and O–H groups in total. The predicted octanol–water partition coefficient (Wildman–Crippen LogP) is 0.944. The molecule has 4 heteroatoms. The fourth-order valence-electron chi connectivity index (χ4n) is 2.20. The van der Waals surface area contributed by atoms with Gasteiger partial charge in [-0.2, -0.15) is 5.10 Å². The Labute approximate surface area is 97.4 Å². The van der Waals surface area contributed by atoms with Crippen LogP contribution in [0.1, 0.15) is 19.8 Å². The molecule has 0 aromatic carbocycles. The van der Waals surface area contributed by atoms with Crippen molar-refractivity contribution < 1.29 is 0 Å². The van der Waals surface area contributed by atoms with Crippen LogP contribution in [-0.4, -0.2) is 40.9 Å². The smallest absolute Gasteiger partial charge is 0.0536 e. The molecule has 1 aromatic heterocycles. The lowest BCUT2D eigenvalue weighted by Crippen LogP contribution is -2.43. The highest BCUT2D eigenvalue weighted by atomic mass is 15.3. The standard InChI is InChI=1S/C12H22N4/c1-12(11-13)3-7-15(8-4-12)9-10-16-6-2-5-14-16/h2,5-6H,3-4,7-11,13H2,1H3. The molecule has 0 atom stereocenters. The van der Waals surface area contributed by atoms with Gasteiger partial charge in [0.1, 0.15) is 0 Å². The second-order valence-electron chi connectivity index (χ2n) is 5.13. The van der Waals surface area contributed by atoms with Gasteiger partial charge in [0.2, 0.25) is 0 Å². The molecule has 0 saturated carbocycles. The van der Waals surface area contributed by atoms with Crippen molar-refractivity contribution in [1.29, 1.82) is 0 Å². The summed E-state index contributed by atoms with van der Waals surface area (Å²) < 4.78 is 2.00. The van der Waals surface area contributed by atoms with Gasteiger partial charge >= 0.3 is 0 Å². The Morgan fingerprint density at radius 1 is 1.31 bits per heavy atom. The summed E-state index contributed by atoms with van der Waals surface area (Å²) in [4.78, 5) is 2.51. The third-order valence-corrected chi connectivity index (χ3v) is 3.76. The summed E-state index contributed by atoms with van der Waals surface area (Å²) in [5.41, 5.74) is 6.18. The average molecular weight is 222 g/mol. The van der Waals surface area contributed by atoms with Crippen molar-refractivity contribution in [2.45, 2.75) is 26.3 Å². The predicted molar refractivity (Wildman–Crippen MR) is 65.1 cm³/mol. The Bertz CT molecular complexity index is 299. The molecule has 0 bridgehead atoms. The van der Waals surface area contributed by atoms with E-state index in [-0.39, 0.29) is 0 Å².